The Morgan fingerprint density at radius 2 is 1.78 bits per heavy atom. The van der Waals surface area contributed by atoms with Gasteiger partial charge in [0.15, 0.2) is 0 Å². The van der Waals surface area contributed by atoms with E-state index in [9.17, 15) is 9.59 Å². The molecule has 2 aromatic carbocycles. The predicted octanol–water partition coefficient (Wildman–Crippen LogP) is 3.44. The van der Waals surface area contributed by atoms with Crippen molar-refractivity contribution in [3.05, 3.63) is 71.5 Å². The molecule has 8 heteroatoms. The first-order valence-electron chi connectivity index (χ1n) is 10.4. The normalized spacial score (nSPS) is 12.9. The van der Waals surface area contributed by atoms with Crippen molar-refractivity contribution in [2.75, 3.05) is 25.5 Å². The van der Waals surface area contributed by atoms with E-state index in [4.69, 9.17) is 10.00 Å². The first-order chi connectivity index (χ1) is 15.6. The van der Waals surface area contributed by atoms with Gasteiger partial charge in [-0.1, -0.05) is 0 Å². The van der Waals surface area contributed by atoms with Gasteiger partial charge in [-0.3, -0.25) is 9.59 Å². The van der Waals surface area contributed by atoms with Crippen molar-refractivity contribution < 1.29 is 14.3 Å². The lowest BCUT2D eigenvalue weighted by Crippen LogP contribution is -2.27. The number of nitriles is 1. The summed E-state index contributed by atoms with van der Waals surface area (Å²) in [6.45, 7) is 1.58. The molecule has 162 valence electrons. The largest absolute Gasteiger partial charge is 0.497 e. The smallest absolute Gasteiger partial charge is 0.274 e. The fourth-order valence-corrected chi connectivity index (χ4v) is 3.67. The first kappa shape index (κ1) is 21.1. The number of rotatable bonds is 6. The minimum absolute atomic E-state index is 0.0131. The zero-order valence-electron chi connectivity index (χ0n) is 17.7. The zero-order chi connectivity index (χ0) is 22.5. The van der Waals surface area contributed by atoms with E-state index in [1.54, 1.807) is 61.7 Å². The summed E-state index contributed by atoms with van der Waals surface area (Å²) in [4.78, 5) is 27.4. The van der Waals surface area contributed by atoms with E-state index in [0.717, 1.165) is 25.9 Å². The molecule has 1 aromatic heterocycles. The molecule has 1 fully saturated rings. The van der Waals surface area contributed by atoms with Gasteiger partial charge in [-0.25, -0.2) is 4.68 Å². The Labute approximate surface area is 186 Å². The number of anilines is 1. The molecule has 32 heavy (non-hydrogen) atoms. The third-order valence-electron chi connectivity index (χ3n) is 5.35. The van der Waals surface area contributed by atoms with Crippen molar-refractivity contribution in [1.29, 1.82) is 5.26 Å². The average Bonchev–Trinajstić information content (AvgIpc) is 3.50. The van der Waals surface area contributed by atoms with Crippen molar-refractivity contribution in [1.82, 2.24) is 14.7 Å². The molecule has 4 rings (SSSR count). The number of likely N-dealkylation sites (tertiary alicyclic amines) is 1. The molecule has 0 atom stereocenters. The summed E-state index contributed by atoms with van der Waals surface area (Å²) in [5.74, 6) is 0.336. The highest BCUT2D eigenvalue weighted by atomic mass is 16.5. The highest BCUT2D eigenvalue weighted by molar-refractivity contribution is 6.04. The summed E-state index contributed by atoms with van der Waals surface area (Å²) in [6, 6.07) is 17.7. The van der Waals surface area contributed by atoms with Gasteiger partial charge in [-0.05, 0) is 67.4 Å². The Bertz CT molecular complexity index is 1150. The molecule has 1 saturated heterocycles. The quantitative estimate of drug-likeness (QED) is 0.647. The molecule has 0 spiro atoms. The van der Waals surface area contributed by atoms with Crippen LogP contribution in [0.1, 0.15) is 39.4 Å². The van der Waals surface area contributed by atoms with E-state index in [-0.39, 0.29) is 18.2 Å². The highest BCUT2D eigenvalue weighted by Crippen LogP contribution is 2.20. The van der Waals surface area contributed by atoms with Gasteiger partial charge in [-0.15, -0.1) is 0 Å². The zero-order valence-corrected chi connectivity index (χ0v) is 17.7. The summed E-state index contributed by atoms with van der Waals surface area (Å²) in [5.41, 5.74) is 2.64. The van der Waals surface area contributed by atoms with Gasteiger partial charge in [0, 0.05) is 24.3 Å². The Kier molecular flexibility index (Phi) is 6.17. The third kappa shape index (κ3) is 4.47. The second kappa shape index (κ2) is 9.35. The molecule has 1 aliphatic heterocycles. The average molecular weight is 429 g/mol. The number of hydrogen-bond acceptors (Lipinski definition) is 5. The molecule has 0 unspecified atom stereocenters. The Morgan fingerprint density at radius 3 is 2.41 bits per heavy atom. The fraction of sp³-hybridized carbons (Fsp3) is 0.250. The van der Waals surface area contributed by atoms with Crippen LogP contribution in [0.5, 0.6) is 5.75 Å². The molecule has 1 aliphatic rings. The van der Waals surface area contributed by atoms with Crippen molar-refractivity contribution in [3.8, 4) is 17.5 Å². The molecule has 2 amide bonds. The van der Waals surface area contributed by atoms with Crippen LogP contribution in [0, 0.1) is 11.3 Å². The van der Waals surface area contributed by atoms with Crippen LogP contribution >= 0.6 is 0 Å². The predicted molar refractivity (Wildman–Crippen MR) is 119 cm³/mol. The lowest BCUT2D eigenvalue weighted by Gasteiger charge is -2.15. The van der Waals surface area contributed by atoms with Crippen LogP contribution in [0.3, 0.4) is 0 Å². The number of ether oxygens (including phenoxy) is 1. The second-order valence-electron chi connectivity index (χ2n) is 7.50. The maximum absolute atomic E-state index is 13.0. The molecular formula is C24H23N5O3. The second-order valence-corrected chi connectivity index (χ2v) is 7.50. The van der Waals surface area contributed by atoms with Crippen LogP contribution in [0.2, 0.25) is 0 Å². The molecule has 2 heterocycles. The fourth-order valence-electron chi connectivity index (χ4n) is 3.67. The molecular weight excluding hydrogens is 406 g/mol. The molecule has 0 saturated carbocycles. The summed E-state index contributed by atoms with van der Waals surface area (Å²) in [7, 11) is 1.58. The SMILES string of the molecule is COc1ccc(-n2nc(CC#N)cc2C(=O)Nc2ccc(C(=O)N3CCCC3)cc2)cc1. The van der Waals surface area contributed by atoms with E-state index in [1.807, 2.05) is 4.90 Å². The lowest BCUT2D eigenvalue weighted by atomic mass is 10.2. The molecule has 8 nitrogen and oxygen atoms in total. The molecule has 0 radical (unpaired) electrons. The maximum atomic E-state index is 13.0. The van der Waals surface area contributed by atoms with E-state index < -0.39 is 0 Å². The van der Waals surface area contributed by atoms with Crippen LogP contribution in [0.4, 0.5) is 5.69 Å². The van der Waals surface area contributed by atoms with Gasteiger partial charge in [-0.2, -0.15) is 10.4 Å². The van der Waals surface area contributed by atoms with Gasteiger partial charge in [0.1, 0.15) is 11.4 Å². The van der Waals surface area contributed by atoms with Crippen molar-refractivity contribution >= 4 is 17.5 Å². The number of carbonyl (C=O) groups is 2. The molecule has 3 aromatic rings. The van der Waals surface area contributed by atoms with Crippen molar-refractivity contribution in [2.24, 2.45) is 0 Å². The number of hydrogen-bond donors (Lipinski definition) is 1. The monoisotopic (exact) mass is 429 g/mol. The number of amides is 2. The number of aromatic nitrogens is 2. The number of carbonyl (C=O) groups excluding carboxylic acids is 2. The molecule has 0 bridgehead atoms. The summed E-state index contributed by atoms with van der Waals surface area (Å²) in [5, 5.41) is 16.3. The number of benzene rings is 2. The Morgan fingerprint density at radius 1 is 1.09 bits per heavy atom. The van der Waals surface area contributed by atoms with Crippen LogP contribution in [-0.2, 0) is 6.42 Å². The van der Waals surface area contributed by atoms with Gasteiger partial charge in [0.25, 0.3) is 11.8 Å². The third-order valence-corrected chi connectivity index (χ3v) is 5.35. The topological polar surface area (TPSA) is 100 Å². The molecule has 1 N–H and O–H groups in total. The number of nitrogens with zero attached hydrogens (tertiary/aromatic N) is 4. The summed E-state index contributed by atoms with van der Waals surface area (Å²) in [6.07, 6.45) is 2.17. The molecule has 0 aliphatic carbocycles. The highest BCUT2D eigenvalue weighted by Gasteiger charge is 2.20. The first-order valence-corrected chi connectivity index (χ1v) is 10.4. The van der Waals surface area contributed by atoms with E-state index in [0.29, 0.717) is 34.1 Å². The van der Waals surface area contributed by atoms with Crippen LogP contribution < -0.4 is 10.1 Å². The van der Waals surface area contributed by atoms with E-state index in [2.05, 4.69) is 16.5 Å². The minimum atomic E-state index is -0.365. The van der Waals surface area contributed by atoms with E-state index >= 15 is 0 Å². The van der Waals surface area contributed by atoms with Gasteiger partial charge in [0.05, 0.1) is 31.0 Å². The van der Waals surface area contributed by atoms with Gasteiger partial charge < -0.3 is 15.0 Å². The van der Waals surface area contributed by atoms with E-state index in [1.165, 1.54) is 4.68 Å². The lowest BCUT2D eigenvalue weighted by molar-refractivity contribution is 0.0792. The van der Waals surface area contributed by atoms with Crippen molar-refractivity contribution in [3.63, 3.8) is 0 Å². The van der Waals surface area contributed by atoms with Gasteiger partial charge in [0.2, 0.25) is 0 Å². The Hall–Kier alpha value is -4.12. The number of methoxy groups -OCH3 is 1. The minimum Gasteiger partial charge on any atom is -0.497 e. The summed E-state index contributed by atoms with van der Waals surface area (Å²) < 4.78 is 6.69. The van der Waals surface area contributed by atoms with Crippen LogP contribution in [0.25, 0.3) is 5.69 Å². The van der Waals surface area contributed by atoms with Gasteiger partial charge >= 0.3 is 0 Å². The van der Waals surface area contributed by atoms with Crippen LogP contribution in [-0.4, -0.2) is 46.7 Å². The van der Waals surface area contributed by atoms with Crippen molar-refractivity contribution in [2.45, 2.75) is 19.3 Å². The summed E-state index contributed by atoms with van der Waals surface area (Å²) >= 11 is 0. The maximum Gasteiger partial charge on any atom is 0.274 e. The Balaban J connectivity index is 1.54. The van der Waals surface area contributed by atoms with Crippen LogP contribution in [0.15, 0.2) is 54.6 Å². The standard InChI is InChI=1S/C24H23N5O3/c1-32-21-10-8-20(9-11-21)29-22(16-19(27-29)12-13-25)23(30)26-18-6-4-17(5-7-18)24(31)28-14-2-3-15-28/h4-11,16H,2-3,12,14-15H2,1H3,(H,26,30). The number of nitrogens with one attached hydrogen (secondary N) is 1.